The van der Waals surface area contributed by atoms with Crippen LogP contribution >= 0.6 is 0 Å². The molecule has 0 fully saturated rings. The van der Waals surface area contributed by atoms with Gasteiger partial charge >= 0.3 is 0 Å². The fourth-order valence-corrected chi connectivity index (χ4v) is 2.85. The van der Waals surface area contributed by atoms with E-state index in [2.05, 4.69) is 25.0 Å². The molecule has 0 aliphatic heterocycles. The monoisotopic (exact) mass is 357 g/mol. The van der Waals surface area contributed by atoms with Gasteiger partial charge in [-0.2, -0.15) is 0 Å². The van der Waals surface area contributed by atoms with Crippen molar-refractivity contribution in [3.63, 3.8) is 0 Å². The molecule has 1 unspecified atom stereocenters. The summed E-state index contributed by atoms with van der Waals surface area (Å²) in [6, 6.07) is 12.1. The molecule has 1 heterocycles. The highest BCUT2D eigenvalue weighted by atomic mass is 32.2. The van der Waals surface area contributed by atoms with Crippen molar-refractivity contribution in [2.24, 2.45) is 0 Å². The molecule has 1 atom stereocenters. The van der Waals surface area contributed by atoms with Gasteiger partial charge < -0.3 is 13.2 Å². The zero-order valence-corrected chi connectivity index (χ0v) is 14.9. The molecule has 2 aromatic carbocycles. The van der Waals surface area contributed by atoms with E-state index in [0.717, 1.165) is 5.56 Å². The fraction of sp³-hybridized carbons (Fsp3) is 0.211. The molecule has 5 nitrogen and oxygen atoms in total. The lowest BCUT2D eigenvalue weighted by Crippen LogP contribution is -2.11. The summed E-state index contributed by atoms with van der Waals surface area (Å²) in [5.74, 6) is 0.0891. The van der Waals surface area contributed by atoms with Crippen LogP contribution in [0.4, 0.5) is 0 Å². The first-order valence-corrected chi connectivity index (χ1v) is 8.70. The summed E-state index contributed by atoms with van der Waals surface area (Å²) in [5.41, 5.74) is 2.51. The zero-order chi connectivity index (χ0) is 18.2. The Morgan fingerprint density at radius 3 is 2.36 bits per heavy atom. The molecule has 25 heavy (non-hydrogen) atoms. The van der Waals surface area contributed by atoms with E-state index in [9.17, 15) is 13.6 Å². The molecule has 3 aromatic rings. The number of benzene rings is 2. The molecule has 0 radical (unpaired) electrons. The lowest BCUT2D eigenvalue weighted by atomic mass is 9.86. The van der Waals surface area contributed by atoms with Crippen LogP contribution in [-0.4, -0.2) is 8.76 Å². The first-order valence-electron chi connectivity index (χ1n) is 7.70. The van der Waals surface area contributed by atoms with Crippen molar-refractivity contribution >= 4 is 22.3 Å². The van der Waals surface area contributed by atoms with Crippen molar-refractivity contribution in [1.82, 2.24) is 0 Å². The summed E-state index contributed by atoms with van der Waals surface area (Å²) in [7, 11) is 0. The van der Waals surface area contributed by atoms with Gasteiger partial charge in [-0.1, -0.05) is 45.0 Å². The van der Waals surface area contributed by atoms with Crippen LogP contribution in [0, 0.1) is 0 Å². The Hall–Kier alpha value is -2.44. The zero-order valence-electron chi connectivity index (χ0n) is 14.1. The van der Waals surface area contributed by atoms with Crippen molar-refractivity contribution in [3.05, 3.63) is 64.5 Å². The van der Waals surface area contributed by atoms with Crippen LogP contribution in [0.1, 0.15) is 26.3 Å². The smallest absolute Gasteiger partial charge is 0.200 e. The molecule has 6 heteroatoms. The Bertz CT molecular complexity index is 997. The minimum atomic E-state index is -2.68. The minimum Gasteiger partial charge on any atom is -0.740 e. The number of fused-ring (bicyclic) bond motifs is 1. The third kappa shape index (κ3) is 3.65. The second-order valence-corrected chi connectivity index (χ2v) is 7.33. The number of rotatable bonds is 3. The van der Waals surface area contributed by atoms with E-state index < -0.39 is 11.4 Å². The molecule has 0 amide bonds. The quantitative estimate of drug-likeness (QED) is 0.664. The average molecular weight is 357 g/mol. The summed E-state index contributed by atoms with van der Waals surface area (Å²) in [5, 5.41) is 0.362. The Morgan fingerprint density at radius 2 is 1.76 bits per heavy atom. The predicted molar refractivity (Wildman–Crippen MR) is 96.2 cm³/mol. The van der Waals surface area contributed by atoms with Crippen LogP contribution in [0.15, 0.2) is 57.9 Å². The molecule has 0 bridgehead atoms. The normalized spacial score (nSPS) is 13.0. The maximum absolute atomic E-state index is 12.7. The molecular formula is C19H17O5S-. The van der Waals surface area contributed by atoms with Gasteiger partial charge in [-0.25, -0.2) is 4.21 Å². The SMILES string of the molecule is CC(C)(C)c1ccc(-c2coc3cc(OS(=O)[O-])ccc3c2=O)cc1. The molecule has 0 saturated heterocycles. The van der Waals surface area contributed by atoms with Gasteiger partial charge in [-0.3, -0.25) is 4.79 Å². The highest BCUT2D eigenvalue weighted by Gasteiger charge is 2.15. The van der Waals surface area contributed by atoms with Crippen molar-refractivity contribution in [3.8, 4) is 16.9 Å². The van der Waals surface area contributed by atoms with Gasteiger partial charge in [0.05, 0.1) is 10.9 Å². The first-order chi connectivity index (χ1) is 11.8. The van der Waals surface area contributed by atoms with E-state index in [1.807, 2.05) is 24.3 Å². The molecule has 130 valence electrons. The number of hydrogen-bond donors (Lipinski definition) is 0. The van der Waals surface area contributed by atoms with Crippen molar-refractivity contribution in [2.75, 3.05) is 0 Å². The maximum Gasteiger partial charge on any atom is 0.200 e. The van der Waals surface area contributed by atoms with Crippen LogP contribution in [0.2, 0.25) is 0 Å². The molecule has 0 N–H and O–H groups in total. The van der Waals surface area contributed by atoms with E-state index in [1.165, 1.54) is 30.0 Å². The third-order valence-electron chi connectivity index (χ3n) is 3.97. The average Bonchev–Trinajstić information content (AvgIpc) is 2.54. The Balaban J connectivity index is 2.04. The van der Waals surface area contributed by atoms with Crippen LogP contribution < -0.4 is 9.61 Å². The van der Waals surface area contributed by atoms with Crippen molar-refractivity contribution in [2.45, 2.75) is 26.2 Å². The summed E-state index contributed by atoms with van der Waals surface area (Å²) in [6.07, 6.45) is 1.38. The van der Waals surface area contributed by atoms with Gasteiger partial charge in [-0.15, -0.1) is 0 Å². The van der Waals surface area contributed by atoms with Crippen molar-refractivity contribution < 1.29 is 17.4 Å². The highest BCUT2D eigenvalue weighted by Crippen LogP contribution is 2.27. The van der Waals surface area contributed by atoms with Gasteiger partial charge in [0.15, 0.2) is 5.43 Å². The second-order valence-electron chi connectivity index (χ2n) is 6.75. The summed E-state index contributed by atoms with van der Waals surface area (Å²) in [4.78, 5) is 12.7. The summed E-state index contributed by atoms with van der Waals surface area (Å²) in [6.45, 7) is 6.38. The van der Waals surface area contributed by atoms with E-state index in [0.29, 0.717) is 10.9 Å². The van der Waals surface area contributed by atoms with Gasteiger partial charge in [0.25, 0.3) is 0 Å². The molecule has 0 spiro atoms. The lowest BCUT2D eigenvalue weighted by molar-refractivity contribution is 0.440. The van der Waals surface area contributed by atoms with Gasteiger partial charge in [0.2, 0.25) is 0 Å². The first kappa shape index (κ1) is 17.4. The van der Waals surface area contributed by atoms with E-state index in [1.54, 1.807) is 0 Å². The van der Waals surface area contributed by atoms with Crippen molar-refractivity contribution in [1.29, 1.82) is 0 Å². The molecular weight excluding hydrogens is 340 g/mol. The second kappa shape index (κ2) is 6.46. The van der Waals surface area contributed by atoms with Crippen LogP contribution in [0.25, 0.3) is 22.1 Å². The standard InChI is InChI=1S/C19H18O5S/c1-19(2,3)13-6-4-12(5-7-13)16-11-23-17-10-14(24-25(21)22)8-9-15(17)18(16)20/h4-11H,1-3H3,(H,21,22)/p-1. The van der Waals surface area contributed by atoms with Crippen LogP contribution in [0.5, 0.6) is 5.75 Å². The lowest BCUT2D eigenvalue weighted by Gasteiger charge is -2.19. The number of hydrogen-bond acceptors (Lipinski definition) is 5. The van der Waals surface area contributed by atoms with Gasteiger partial charge in [0, 0.05) is 6.07 Å². The molecule has 0 saturated carbocycles. The predicted octanol–water partition coefficient (Wildman–Crippen LogP) is 3.93. The Labute approximate surface area is 147 Å². The molecule has 3 rings (SSSR count). The molecule has 0 aliphatic rings. The summed E-state index contributed by atoms with van der Waals surface area (Å²) < 4.78 is 31.3. The fourth-order valence-electron chi connectivity index (χ4n) is 2.59. The van der Waals surface area contributed by atoms with Crippen LogP contribution in [-0.2, 0) is 16.8 Å². The maximum atomic E-state index is 12.7. The topological polar surface area (TPSA) is 79.6 Å². The highest BCUT2D eigenvalue weighted by molar-refractivity contribution is 7.74. The third-order valence-corrected chi connectivity index (χ3v) is 4.30. The Morgan fingerprint density at radius 1 is 1.08 bits per heavy atom. The van der Waals surface area contributed by atoms with Gasteiger partial charge in [-0.05, 0) is 28.7 Å². The van der Waals surface area contributed by atoms with E-state index >= 15 is 0 Å². The van der Waals surface area contributed by atoms with E-state index in [-0.39, 0.29) is 22.2 Å². The van der Waals surface area contributed by atoms with E-state index in [4.69, 9.17) is 4.42 Å². The molecule has 0 aliphatic carbocycles. The summed E-state index contributed by atoms with van der Waals surface area (Å²) >= 11 is -2.68. The molecule has 1 aromatic heterocycles. The minimum absolute atomic E-state index is 0.0324. The Kier molecular flexibility index (Phi) is 4.49. The van der Waals surface area contributed by atoms with Crippen LogP contribution in [0.3, 0.4) is 0 Å². The van der Waals surface area contributed by atoms with Gasteiger partial charge in [0.1, 0.15) is 29.0 Å². The largest absolute Gasteiger partial charge is 0.740 e.